The summed E-state index contributed by atoms with van der Waals surface area (Å²) in [6, 6.07) is 4.95. The van der Waals surface area contributed by atoms with E-state index in [-0.39, 0.29) is 12.1 Å². The van der Waals surface area contributed by atoms with E-state index in [1.807, 2.05) is 6.07 Å². The molecule has 4 heteroatoms. The first-order chi connectivity index (χ1) is 7.97. The number of likely N-dealkylation sites (N-methyl/N-ethyl adjacent to an activating group) is 1. The van der Waals surface area contributed by atoms with Gasteiger partial charge in [-0.05, 0) is 39.4 Å². The minimum absolute atomic E-state index is 0.106. The molecular weight excluding hydrogens is 252 g/mol. The average molecular weight is 275 g/mol. The van der Waals surface area contributed by atoms with E-state index in [1.165, 1.54) is 17.7 Å². The normalized spacial score (nSPS) is 17.1. The van der Waals surface area contributed by atoms with Crippen molar-refractivity contribution >= 4 is 22.9 Å². The van der Waals surface area contributed by atoms with Crippen molar-refractivity contribution in [2.45, 2.75) is 51.7 Å². The summed E-state index contributed by atoms with van der Waals surface area (Å²) in [5, 5.41) is 0. The molecule has 2 N–H and O–H groups in total. The SMILES string of the molecule is CCCC(C)N(C)C(c1ccc(Cl)s1)C(C)N. The largest absolute Gasteiger partial charge is 0.326 e. The average Bonchev–Trinajstić information content (AvgIpc) is 2.64. The molecule has 17 heavy (non-hydrogen) atoms. The van der Waals surface area contributed by atoms with Crippen LogP contribution in [-0.2, 0) is 0 Å². The highest BCUT2D eigenvalue weighted by Crippen LogP contribution is 2.32. The van der Waals surface area contributed by atoms with Gasteiger partial charge >= 0.3 is 0 Å². The number of hydrogen-bond acceptors (Lipinski definition) is 3. The van der Waals surface area contributed by atoms with Crippen molar-refractivity contribution < 1.29 is 0 Å². The van der Waals surface area contributed by atoms with Gasteiger partial charge in [0.05, 0.1) is 10.4 Å². The van der Waals surface area contributed by atoms with Crippen molar-refractivity contribution in [1.29, 1.82) is 0 Å². The fraction of sp³-hybridized carbons (Fsp3) is 0.692. The maximum absolute atomic E-state index is 6.13. The maximum atomic E-state index is 6.13. The van der Waals surface area contributed by atoms with Gasteiger partial charge in [-0.3, -0.25) is 4.90 Å². The van der Waals surface area contributed by atoms with Gasteiger partial charge in [-0.25, -0.2) is 0 Å². The first-order valence-electron chi connectivity index (χ1n) is 6.20. The Morgan fingerprint density at radius 3 is 2.47 bits per heavy atom. The lowest BCUT2D eigenvalue weighted by Gasteiger charge is -2.35. The number of nitrogens with zero attached hydrogens (tertiary/aromatic N) is 1. The molecule has 3 unspecified atom stereocenters. The van der Waals surface area contributed by atoms with E-state index in [0.29, 0.717) is 6.04 Å². The van der Waals surface area contributed by atoms with Crippen LogP contribution in [0.3, 0.4) is 0 Å². The van der Waals surface area contributed by atoms with Crippen LogP contribution in [0.2, 0.25) is 4.34 Å². The minimum Gasteiger partial charge on any atom is -0.326 e. The summed E-state index contributed by atoms with van der Waals surface area (Å²) in [5.74, 6) is 0. The van der Waals surface area contributed by atoms with Crippen LogP contribution < -0.4 is 5.73 Å². The van der Waals surface area contributed by atoms with Crippen molar-refractivity contribution in [2.24, 2.45) is 5.73 Å². The molecule has 0 fully saturated rings. The molecule has 0 radical (unpaired) electrons. The summed E-state index contributed by atoms with van der Waals surface area (Å²) in [6.45, 7) is 6.54. The van der Waals surface area contributed by atoms with Gasteiger partial charge in [-0.2, -0.15) is 0 Å². The van der Waals surface area contributed by atoms with Crippen molar-refractivity contribution in [2.75, 3.05) is 7.05 Å². The zero-order chi connectivity index (χ0) is 13.0. The Hall–Kier alpha value is -0.0900. The van der Waals surface area contributed by atoms with E-state index in [1.54, 1.807) is 11.3 Å². The topological polar surface area (TPSA) is 29.3 Å². The molecular formula is C13H23ClN2S. The monoisotopic (exact) mass is 274 g/mol. The molecule has 1 aromatic rings. The van der Waals surface area contributed by atoms with E-state index < -0.39 is 0 Å². The highest BCUT2D eigenvalue weighted by molar-refractivity contribution is 7.16. The molecule has 1 aromatic heterocycles. The van der Waals surface area contributed by atoms with Crippen LogP contribution in [0.15, 0.2) is 12.1 Å². The van der Waals surface area contributed by atoms with Gasteiger partial charge in [0, 0.05) is 17.0 Å². The van der Waals surface area contributed by atoms with Crippen LogP contribution in [0.1, 0.15) is 44.5 Å². The Balaban J connectivity index is 2.86. The van der Waals surface area contributed by atoms with Crippen molar-refractivity contribution in [3.8, 4) is 0 Å². The molecule has 0 saturated heterocycles. The molecule has 0 spiro atoms. The molecule has 3 atom stereocenters. The number of halogens is 1. The quantitative estimate of drug-likeness (QED) is 0.852. The van der Waals surface area contributed by atoms with E-state index in [4.69, 9.17) is 17.3 Å². The molecule has 98 valence electrons. The third kappa shape index (κ3) is 3.95. The Bertz CT molecular complexity index is 338. The lowest BCUT2D eigenvalue weighted by molar-refractivity contribution is 0.160. The second-order valence-electron chi connectivity index (χ2n) is 4.75. The van der Waals surface area contributed by atoms with Crippen molar-refractivity contribution in [3.63, 3.8) is 0 Å². The van der Waals surface area contributed by atoms with E-state index in [2.05, 4.69) is 38.8 Å². The Morgan fingerprint density at radius 2 is 2.06 bits per heavy atom. The molecule has 2 nitrogen and oxygen atoms in total. The number of thiophene rings is 1. The van der Waals surface area contributed by atoms with E-state index in [0.717, 1.165) is 4.34 Å². The fourth-order valence-electron chi connectivity index (χ4n) is 2.21. The van der Waals surface area contributed by atoms with Crippen LogP contribution in [0.4, 0.5) is 0 Å². The van der Waals surface area contributed by atoms with Gasteiger partial charge in [0.15, 0.2) is 0 Å². The van der Waals surface area contributed by atoms with Gasteiger partial charge < -0.3 is 5.73 Å². The smallest absolute Gasteiger partial charge is 0.0931 e. The predicted molar refractivity (Wildman–Crippen MR) is 77.9 cm³/mol. The van der Waals surface area contributed by atoms with Crippen LogP contribution in [0.5, 0.6) is 0 Å². The zero-order valence-electron chi connectivity index (χ0n) is 11.1. The summed E-state index contributed by atoms with van der Waals surface area (Å²) >= 11 is 7.65. The lowest BCUT2D eigenvalue weighted by atomic mass is 10.0. The minimum atomic E-state index is 0.106. The second-order valence-corrected chi connectivity index (χ2v) is 6.50. The molecule has 1 rings (SSSR count). The van der Waals surface area contributed by atoms with Gasteiger partial charge in [-0.15, -0.1) is 11.3 Å². The van der Waals surface area contributed by atoms with Gasteiger partial charge in [0.1, 0.15) is 0 Å². The predicted octanol–water partition coefficient (Wildman–Crippen LogP) is 3.91. The third-order valence-electron chi connectivity index (χ3n) is 3.22. The summed E-state index contributed by atoms with van der Waals surface area (Å²) in [5.41, 5.74) is 6.13. The molecule has 0 aliphatic rings. The lowest BCUT2D eigenvalue weighted by Crippen LogP contribution is -2.41. The summed E-state index contributed by atoms with van der Waals surface area (Å²) in [6.07, 6.45) is 2.39. The van der Waals surface area contributed by atoms with Crippen LogP contribution in [0.25, 0.3) is 0 Å². The number of nitrogens with two attached hydrogens (primary N) is 1. The van der Waals surface area contributed by atoms with E-state index >= 15 is 0 Å². The first kappa shape index (κ1) is 15.0. The van der Waals surface area contributed by atoms with Gasteiger partial charge in [0.2, 0.25) is 0 Å². The molecule has 0 aliphatic heterocycles. The molecule has 1 heterocycles. The highest BCUT2D eigenvalue weighted by Gasteiger charge is 2.25. The summed E-state index contributed by atoms with van der Waals surface area (Å²) in [7, 11) is 2.15. The Labute approximate surface area is 114 Å². The van der Waals surface area contributed by atoms with E-state index in [9.17, 15) is 0 Å². The number of rotatable bonds is 6. The summed E-state index contributed by atoms with van der Waals surface area (Å²) < 4.78 is 0.835. The van der Waals surface area contributed by atoms with Gasteiger partial charge in [-0.1, -0.05) is 24.9 Å². The van der Waals surface area contributed by atoms with Crippen LogP contribution in [0, 0.1) is 0 Å². The maximum Gasteiger partial charge on any atom is 0.0931 e. The van der Waals surface area contributed by atoms with Crippen molar-refractivity contribution in [3.05, 3.63) is 21.3 Å². The number of hydrogen-bond donors (Lipinski definition) is 1. The van der Waals surface area contributed by atoms with Crippen molar-refractivity contribution in [1.82, 2.24) is 4.90 Å². The molecule has 0 aromatic carbocycles. The fourth-order valence-corrected chi connectivity index (χ4v) is 3.54. The molecule has 0 amide bonds. The third-order valence-corrected chi connectivity index (χ3v) is 4.53. The first-order valence-corrected chi connectivity index (χ1v) is 7.39. The molecule has 0 saturated carbocycles. The summed E-state index contributed by atoms with van der Waals surface area (Å²) in [4.78, 5) is 3.63. The molecule has 0 aliphatic carbocycles. The zero-order valence-corrected chi connectivity index (χ0v) is 12.7. The van der Waals surface area contributed by atoms with Crippen LogP contribution in [-0.4, -0.2) is 24.0 Å². The Kier molecular flexibility index (Phi) is 5.93. The standard InChI is InChI=1S/C13H23ClN2S/c1-5-6-9(2)16(4)13(10(3)15)11-7-8-12(14)17-11/h7-10,13H,5-6,15H2,1-4H3. The Morgan fingerprint density at radius 1 is 1.41 bits per heavy atom. The second kappa shape index (κ2) is 6.74. The van der Waals surface area contributed by atoms with Crippen LogP contribution >= 0.6 is 22.9 Å². The molecule has 0 bridgehead atoms. The highest BCUT2D eigenvalue weighted by atomic mass is 35.5. The van der Waals surface area contributed by atoms with Gasteiger partial charge in [0.25, 0.3) is 0 Å².